The van der Waals surface area contributed by atoms with Gasteiger partial charge in [-0.2, -0.15) is 0 Å². The first kappa shape index (κ1) is 25.4. The summed E-state index contributed by atoms with van der Waals surface area (Å²) < 4.78 is 13.4. The molecule has 6 nitrogen and oxygen atoms in total. The highest BCUT2D eigenvalue weighted by atomic mass is 28.3. The van der Waals surface area contributed by atoms with Crippen LogP contribution in [0.25, 0.3) is 0 Å². The molecule has 0 heterocycles. The van der Waals surface area contributed by atoms with Gasteiger partial charge in [-0.15, -0.1) is 11.5 Å². The van der Waals surface area contributed by atoms with Crippen LogP contribution in [-0.2, 0) is 20.8 Å². The molecule has 0 saturated carbocycles. The van der Waals surface area contributed by atoms with Gasteiger partial charge in [-0.25, -0.2) is 9.18 Å². The Kier molecular flexibility index (Phi) is 8.79. The fraction of sp³-hybridized carbons (Fsp3) is 0.500. The molecule has 2 atom stereocenters. The number of nitrogens with one attached hydrogen (secondary N) is 2. The summed E-state index contributed by atoms with van der Waals surface area (Å²) in [4.78, 5) is 35.8. The summed E-state index contributed by atoms with van der Waals surface area (Å²) in [6, 6.07) is 3.44. The highest BCUT2D eigenvalue weighted by Gasteiger charge is 2.34. The number of aliphatic carboxylic acids is 1. The van der Waals surface area contributed by atoms with Gasteiger partial charge in [0.25, 0.3) is 0 Å². The first-order valence-electron chi connectivity index (χ1n) is 9.77. The average Bonchev–Trinajstić information content (AvgIpc) is 2.58. The van der Waals surface area contributed by atoms with Gasteiger partial charge in [0.1, 0.15) is 26.0 Å². The topological polar surface area (TPSA) is 95.5 Å². The molecule has 0 radical (unpaired) electrons. The number of rotatable bonds is 7. The number of amides is 2. The van der Waals surface area contributed by atoms with Crippen LogP contribution in [0, 0.1) is 17.3 Å². The SMILES string of the molecule is CC(=O)N[C@@H](Cc1cccc(F)c1)C(=O)N[C@@H](CC#C[Si](C)(C)C(C)(C)C)C(=O)O. The molecule has 1 rings (SSSR count). The number of hydrogen-bond acceptors (Lipinski definition) is 3. The number of carboxylic acid groups (broad SMARTS) is 1. The third kappa shape index (κ3) is 7.99. The van der Waals surface area contributed by atoms with Gasteiger partial charge in [-0.05, 0) is 22.7 Å². The van der Waals surface area contributed by atoms with Gasteiger partial charge in [0.05, 0.1) is 0 Å². The van der Waals surface area contributed by atoms with Crippen LogP contribution in [0.5, 0.6) is 0 Å². The highest BCUT2D eigenvalue weighted by Crippen LogP contribution is 2.35. The van der Waals surface area contributed by atoms with Crippen LogP contribution in [0.3, 0.4) is 0 Å². The van der Waals surface area contributed by atoms with E-state index in [9.17, 15) is 23.9 Å². The standard InChI is InChI=1S/C22H31FN2O4Si/c1-15(26)24-19(14-16-9-7-10-17(23)13-16)20(27)25-18(21(28)29)11-8-12-30(5,6)22(2,3)4/h7,9-10,13,18-19H,11,14H2,1-6H3,(H,24,26)(H,25,27)(H,28,29)/t18-,19-/m0/s1. The first-order chi connectivity index (χ1) is 13.7. The lowest BCUT2D eigenvalue weighted by Crippen LogP contribution is -2.52. The third-order valence-electron chi connectivity index (χ3n) is 5.22. The Morgan fingerprint density at radius 1 is 1.17 bits per heavy atom. The van der Waals surface area contributed by atoms with Crippen LogP contribution in [0.1, 0.15) is 39.7 Å². The normalized spacial score (nSPS) is 13.4. The summed E-state index contributed by atoms with van der Waals surface area (Å²) in [5.41, 5.74) is 3.74. The fourth-order valence-corrected chi connectivity index (χ4v) is 3.31. The average molecular weight is 435 g/mol. The van der Waals surface area contributed by atoms with E-state index >= 15 is 0 Å². The van der Waals surface area contributed by atoms with Crippen molar-refractivity contribution in [1.29, 1.82) is 0 Å². The molecule has 30 heavy (non-hydrogen) atoms. The van der Waals surface area contributed by atoms with E-state index in [4.69, 9.17) is 0 Å². The summed E-state index contributed by atoms with van der Waals surface area (Å²) >= 11 is 0. The van der Waals surface area contributed by atoms with E-state index in [-0.39, 0.29) is 17.9 Å². The maximum absolute atomic E-state index is 13.4. The molecule has 0 saturated heterocycles. The zero-order valence-corrected chi connectivity index (χ0v) is 19.4. The number of halogens is 1. The molecule has 0 aliphatic rings. The molecule has 1 aromatic carbocycles. The second-order valence-electron chi connectivity index (χ2n) is 8.87. The van der Waals surface area contributed by atoms with E-state index in [2.05, 4.69) is 56.0 Å². The second-order valence-corrected chi connectivity index (χ2v) is 13.9. The molecule has 164 valence electrons. The zero-order valence-electron chi connectivity index (χ0n) is 18.4. The molecule has 8 heteroatoms. The third-order valence-corrected chi connectivity index (χ3v) is 9.77. The molecule has 0 aliphatic carbocycles. The Bertz CT molecular complexity index is 853. The van der Waals surface area contributed by atoms with Crippen LogP contribution in [0.2, 0.25) is 18.1 Å². The largest absolute Gasteiger partial charge is 0.480 e. The quantitative estimate of drug-likeness (QED) is 0.454. The molecular formula is C22H31FN2O4Si. The lowest BCUT2D eigenvalue weighted by molar-refractivity contribution is -0.142. The van der Waals surface area contributed by atoms with E-state index in [1.165, 1.54) is 25.1 Å². The Balaban J connectivity index is 2.95. The Morgan fingerprint density at radius 3 is 2.30 bits per heavy atom. The maximum atomic E-state index is 13.4. The van der Waals surface area contributed by atoms with Crippen molar-refractivity contribution in [2.24, 2.45) is 0 Å². The zero-order chi connectivity index (χ0) is 23.1. The van der Waals surface area contributed by atoms with E-state index in [1.807, 2.05) is 0 Å². The minimum absolute atomic E-state index is 0.0312. The predicted molar refractivity (Wildman–Crippen MR) is 117 cm³/mol. The van der Waals surface area contributed by atoms with E-state index in [0.717, 1.165) is 0 Å². The monoisotopic (exact) mass is 434 g/mol. The maximum Gasteiger partial charge on any atom is 0.327 e. The molecule has 0 aliphatic heterocycles. The summed E-state index contributed by atoms with van der Waals surface area (Å²) in [5.74, 6) is 0.163. The van der Waals surface area contributed by atoms with E-state index in [0.29, 0.717) is 5.56 Å². The lowest BCUT2D eigenvalue weighted by atomic mass is 10.0. The van der Waals surface area contributed by atoms with Gasteiger partial charge in [0.2, 0.25) is 11.8 Å². The van der Waals surface area contributed by atoms with Crippen molar-refractivity contribution in [2.45, 2.75) is 70.8 Å². The second kappa shape index (κ2) is 10.4. The van der Waals surface area contributed by atoms with Crippen LogP contribution >= 0.6 is 0 Å². The van der Waals surface area contributed by atoms with Crippen molar-refractivity contribution in [1.82, 2.24) is 10.6 Å². The molecule has 0 spiro atoms. The molecule has 0 bridgehead atoms. The first-order valence-corrected chi connectivity index (χ1v) is 12.8. The van der Waals surface area contributed by atoms with Gasteiger partial charge in [0.15, 0.2) is 0 Å². The van der Waals surface area contributed by atoms with Crippen LogP contribution in [0.4, 0.5) is 4.39 Å². The summed E-state index contributed by atoms with van der Waals surface area (Å²) in [5, 5.41) is 14.5. The molecule has 2 amide bonds. The summed E-state index contributed by atoms with van der Waals surface area (Å²) in [6.45, 7) is 11.8. The lowest BCUT2D eigenvalue weighted by Gasteiger charge is -2.31. The van der Waals surface area contributed by atoms with Crippen molar-refractivity contribution in [3.8, 4) is 11.5 Å². The fourth-order valence-electron chi connectivity index (χ4n) is 2.39. The number of carbonyl (C=O) groups is 3. The van der Waals surface area contributed by atoms with E-state index < -0.39 is 43.8 Å². The van der Waals surface area contributed by atoms with Crippen molar-refractivity contribution < 1.29 is 23.9 Å². The molecule has 0 unspecified atom stereocenters. The van der Waals surface area contributed by atoms with Crippen molar-refractivity contribution in [3.63, 3.8) is 0 Å². The molecule has 0 fully saturated rings. The van der Waals surface area contributed by atoms with Crippen molar-refractivity contribution in [3.05, 3.63) is 35.6 Å². The Morgan fingerprint density at radius 2 is 1.80 bits per heavy atom. The number of carbonyl (C=O) groups excluding carboxylic acids is 2. The molecule has 0 aromatic heterocycles. The predicted octanol–water partition coefficient (Wildman–Crippen LogP) is 2.88. The Hall–Kier alpha value is -2.66. The molecule has 3 N–H and O–H groups in total. The summed E-state index contributed by atoms with van der Waals surface area (Å²) in [6.07, 6.45) is -0.00843. The summed E-state index contributed by atoms with van der Waals surface area (Å²) in [7, 11) is -1.91. The van der Waals surface area contributed by atoms with Crippen molar-refractivity contribution >= 4 is 25.9 Å². The smallest absolute Gasteiger partial charge is 0.327 e. The van der Waals surface area contributed by atoms with Crippen molar-refractivity contribution in [2.75, 3.05) is 0 Å². The minimum Gasteiger partial charge on any atom is -0.480 e. The van der Waals surface area contributed by atoms with Gasteiger partial charge in [0, 0.05) is 19.8 Å². The minimum atomic E-state index is -1.91. The molecular weight excluding hydrogens is 403 g/mol. The van der Waals surface area contributed by atoms with Crippen LogP contribution in [0.15, 0.2) is 24.3 Å². The number of hydrogen-bond donors (Lipinski definition) is 3. The number of carboxylic acids is 1. The van der Waals surface area contributed by atoms with Gasteiger partial charge in [-0.1, -0.05) is 46.0 Å². The van der Waals surface area contributed by atoms with Crippen LogP contribution < -0.4 is 10.6 Å². The van der Waals surface area contributed by atoms with Crippen LogP contribution in [-0.4, -0.2) is 43.0 Å². The molecule has 1 aromatic rings. The Labute approximate surface area is 178 Å². The van der Waals surface area contributed by atoms with Gasteiger partial charge < -0.3 is 15.7 Å². The van der Waals surface area contributed by atoms with Gasteiger partial charge in [-0.3, -0.25) is 9.59 Å². The van der Waals surface area contributed by atoms with E-state index in [1.54, 1.807) is 6.07 Å². The number of benzene rings is 1. The highest BCUT2D eigenvalue weighted by molar-refractivity contribution is 6.87. The van der Waals surface area contributed by atoms with Gasteiger partial charge >= 0.3 is 5.97 Å².